The van der Waals surface area contributed by atoms with E-state index in [1.807, 2.05) is 19.1 Å². The summed E-state index contributed by atoms with van der Waals surface area (Å²) < 4.78 is 6.40. The first-order valence-corrected chi connectivity index (χ1v) is 11.0. The molecule has 0 aliphatic heterocycles. The predicted molar refractivity (Wildman–Crippen MR) is 131 cm³/mol. The van der Waals surface area contributed by atoms with Crippen LogP contribution >= 0.6 is 0 Å². The molecule has 8 heteroatoms. The van der Waals surface area contributed by atoms with E-state index in [0.29, 0.717) is 27.7 Å². The van der Waals surface area contributed by atoms with Crippen LogP contribution in [0.15, 0.2) is 83.9 Å². The molecule has 4 aromatic rings. The van der Waals surface area contributed by atoms with Crippen LogP contribution in [0.25, 0.3) is 10.9 Å². The summed E-state index contributed by atoms with van der Waals surface area (Å²) in [6.07, 6.45) is 1.30. The molecule has 35 heavy (non-hydrogen) atoms. The first-order chi connectivity index (χ1) is 16.9. The molecule has 3 aromatic carbocycles. The van der Waals surface area contributed by atoms with Gasteiger partial charge in [-0.05, 0) is 30.7 Å². The van der Waals surface area contributed by atoms with Gasteiger partial charge < -0.3 is 10.1 Å². The number of aromatic nitrogens is 2. The van der Waals surface area contributed by atoms with E-state index < -0.39 is 18.5 Å². The van der Waals surface area contributed by atoms with Crippen molar-refractivity contribution in [1.29, 1.82) is 0 Å². The molecule has 176 valence electrons. The lowest BCUT2D eigenvalue weighted by Gasteiger charge is -2.11. The summed E-state index contributed by atoms with van der Waals surface area (Å²) >= 11 is 0. The van der Waals surface area contributed by atoms with Crippen molar-refractivity contribution in [3.8, 4) is 0 Å². The first-order valence-electron chi connectivity index (χ1n) is 11.0. The highest BCUT2D eigenvalue weighted by molar-refractivity contribution is 6.13. The molecule has 0 aliphatic rings. The van der Waals surface area contributed by atoms with Gasteiger partial charge in [0.1, 0.15) is 0 Å². The van der Waals surface area contributed by atoms with E-state index in [0.717, 1.165) is 5.56 Å². The number of aryl methyl sites for hydroxylation is 2. The van der Waals surface area contributed by atoms with Gasteiger partial charge in [0.25, 0.3) is 11.5 Å². The minimum Gasteiger partial charge on any atom is -0.456 e. The average Bonchev–Trinajstić information content (AvgIpc) is 2.88. The maximum atomic E-state index is 12.8. The van der Waals surface area contributed by atoms with Gasteiger partial charge in [-0.25, -0.2) is 4.98 Å². The molecule has 1 N–H and O–H groups in total. The Hall–Kier alpha value is -4.59. The normalized spacial score (nSPS) is 10.7. The molecule has 0 spiro atoms. The topological polar surface area (TPSA) is 107 Å². The zero-order chi connectivity index (χ0) is 24.8. The van der Waals surface area contributed by atoms with Crippen LogP contribution in [-0.4, -0.2) is 33.8 Å². The van der Waals surface area contributed by atoms with Gasteiger partial charge >= 0.3 is 5.97 Å². The largest absolute Gasteiger partial charge is 0.456 e. The SMILES string of the molecule is Cc1cccc2c(=O)n(CCC(=O)OCC(=O)Nc3ccccc3C(=O)c3ccccc3)cnc12. The number of hydrogen-bond acceptors (Lipinski definition) is 6. The number of para-hydroxylation sites is 2. The van der Waals surface area contributed by atoms with Crippen molar-refractivity contribution in [3.05, 3.63) is 106 Å². The maximum absolute atomic E-state index is 12.8. The van der Waals surface area contributed by atoms with Crippen molar-refractivity contribution in [2.75, 3.05) is 11.9 Å². The number of rotatable bonds is 8. The molecule has 1 amide bonds. The number of nitrogens with one attached hydrogen (secondary N) is 1. The van der Waals surface area contributed by atoms with Crippen LogP contribution in [0.3, 0.4) is 0 Å². The highest BCUT2D eigenvalue weighted by Crippen LogP contribution is 2.19. The smallest absolute Gasteiger partial charge is 0.308 e. The van der Waals surface area contributed by atoms with Crippen molar-refractivity contribution in [3.63, 3.8) is 0 Å². The van der Waals surface area contributed by atoms with Crippen LogP contribution in [-0.2, 0) is 20.9 Å². The summed E-state index contributed by atoms with van der Waals surface area (Å²) in [6.45, 7) is 1.43. The van der Waals surface area contributed by atoms with Crippen LogP contribution in [0.4, 0.5) is 5.69 Å². The van der Waals surface area contributed by atoms with Crippen LogP contribution in [0.2, 0.25) is 0 Å². The molecule has 0 fully saturated rings. The van der Waals surface area contributed by atoms with E-state index in [-0.39, 0.29) is 24.3 Å². The summed E-state index contributed by atoms with van der Waals surface area (Å²) in [7, 11) is 0. The average molecular weight is 469 g/mol. The van der Waals surface area contributed by atoms with Crippen molar-refractivity contribution < 1.29 is 19.1 Å². The van der Waals surface area contributed by atoms with Gasteiger partial charge in [-0.1, -0.05) is 54.6 Å². The van der Waals surface area contributed by atoms with Crippen molar-refractivity contribution >= 4 is 34.3 Å². The lowest BCUT2D eigenvalue weighted by Crippen LogP contribution is -2.25. The number of benzene rings is 3. The molecule has 4 rings (SSSR count). The van der Waals surface area contributed by atoms with Crippen LogP contribution in [0.5, 0.6) is 0 Å². The first kappa shape index (κ1) is 23.6. The third-order valence-electron chi connectivity index (χ3n) is 5.46. The van der Waals surface area contributed by atoms with Gasteiger partial charge in [-0.3, -0.25) is 23.7 Å². The Morgan fingerprint density at radius 2 is 1.69 bits per heavy atom. The molecule has 0 radical (unpaired) electrons. The fourth-order valence-electron chi connectivity index (χ4n) is 3.65. The number of hydrogen-bond donors (Lipinski definition) is 1. The van der Waals surface area contributed by atoms with Gasteiger partial charge in [0.2, 0.25) is 0 Å². The molecular formula is C27H23N3O5. The lowest BCUT2D eigenvalue weighted by atomic mass is 10.0. The molecule has 8 nitrogen and oxygen atoms in total. The van der Waals surface area contributed by atoms with Crippen molar-refractivity contribution in [2.45, 2.75) is 19.9 Å². The number of ether oxygens (including phenoxy) is 1. The summed E-state index contributed by atoms with van der Waals surface area (Å²) in [4.78, 5) is 54.3. The summed E-state index contributed by atoms with van der Waals surface area (Å²) in [5.74, 6) is -1.44. The third-order valence-corrected chi connectivity index (χ3v) is 5.46. The summed E-state index contributed by atoms with van der Waals surface area (Å²) in [5.41, 5.74) is 2.42. The highest BCUT2D eigenvalue weighted by Gasteiger charge is 2.16. The minimum atomic E-state index is -0.634. The Kier molecular flexibility index (Phi) is 7.11. The highest BCUT2D eigenvalue weighted by atomic mass is 16.5. The fourth-order valence-corrected chi connectivity index (χ4v) is 3.65. The van der Waals surface area contributed by atoms with Crippen molar-refractivity contribution in [1.82, 2.24) is 9.55 Å². The Morgan fingerprint density at radius 1 is 0.943 bits per heavy atom. The van der Waals surface area contributed by atoms with E-state index in [1.165, 1.54) is 10.9 Å². The van der Waals surface area contributed by atoms with Gasteiger partial charge in [0.15, 0.2) is 12.4 Å². The van der Waals surface area contributed by atoms with E-state index >= 15 is 0 Å². The zero-order valence-electron chi connectivity index (χ0n) is 19.1. The second-order valence-corrected chi connectivity index (χ2v) is 7.91. The summed E-state index contributed by atoms with van der Waals surface area (Å²) in [6, 6.07) is 20.7. The van der Waals surface area contributed by atoms with Gasteiger partial charge in [0, 0.05) is 17.7 Å². The quantitative estimate of drug-likeness (QED) is 0.313. The molecule has 0 unspecified atom stereocenters. The monoisotopic (exact) mass is 469 g/mol. The molecule has 0 atom stereocenters. The molecule has 0 bridgehead atoms. The molecule has 0 saturated heterocycles. The molecular weight excluding hydrogens is 446 g/mol. The number of anilines is 1. The van der Waals surface area contributed by atoms with E-state index in [4.69, 9.17) is 4.74 Å². The Morgan fingerprint density at radius 3 is 2.49 bits per heavy atom. The van der Waals surface area contributed by atoms with Gasteiger partial charge in [0.05, 0.1) is 29.3 Å². The fraction of sp³-hybridized carbons (Fsp3) is 0.148. The Bertz CT molecular complexity index is 1460. The lowest BCUT2D eigenvalue weighted by molar-refractivity contribution is -0.147. The number of nitrogens with zero attached hydrogens (tertiary/aromatic N) is 2. The second-order valence-electron chi connectivity index (χ2n) is 7.91. The maximum Gasteiger partial charge on any atom is 0.308 e. The van der Waals surface area contributed by atoms with Crippen LogP contribution in [0, 0.1) is 6.92 Å². The number of esters is 1. The number of carbonyl (C=O) groups excluding carboxylic acids is 3. The molecule has 0 saturated carbocycles. The Labute approximate surface area is 201 Å². The van der Waals surface area contributed by atoms with Gasteiger partial charge in [-0.2, -0.15) is 0 Å². The van der Waals surface area contributed by atoms with Crippen LogP contribution in [0.1, 0.15) is 27.9 Å². The van der Waals surface area contributed by atoms with Crippen LogP contribution < -0.4 is 10.9 Å². The standard InChI is InChI=1S/C27H23N3O5/c1-18-8-7-12-21-25(18)28-17-30(27(21)34)15-14-24(32)35-16-23(31)29-22-13-6-5-11-20(22)26(33)19-9-3-2-4-10-19/h2-13,17H,14-16H2,1H3,(H,29,31). The van der Waals surface area contributed by atoms with Crippen molar-refractivity contribution in [2.24, 2.45) is 0 Å². The second kappa shape index (κ2) is 10.6. The number of ketones is 1. The summed E-state index contributed by atoms with van der Waals surface area (Å²) in [5, 5.41) is 3.10. The van der Waals surface area contributed by atoms with E-state index in [2.05, 4.69) is 10.3 Å². The number of carbonyl (C=O) groups is 3. The number of fused-ring (bicyclic) bond motifs is 1. The molecule has 1 aromatic heterocycles. The number of amides is 1. The minimum absolute atomic E-state index is 0.0740. The third kappa shape index (κ3) is 5.50. The Balaban J connectivity index is 1.33. The van der Waals surface area contributed by atoms with E-state index in [1.54, 1.807) is 60.7 Å². The zero-order valence-corrected chi connectivity index (χ0v) is 19.1. The molecule has 0 aliphatic carbocycles. The predicted octanol–water partition coefficient (Wildman–Crippen LogP) is 3.51. The molecule has 1 heterocycles. The van der Waals surface area contributed by atoms with E-state index in [9.17, 15) is 19.2 Å². The van der Waals surface area contributed by atoms with Gasteiger partial charge in [-0.15, -0.1) is 0 Å².